The predicted molar refractivity (Wildman–Crippen MR) is 106 cm³/mol. The minimum absolute atomic E-state index is 0.0338. The van der Waals surface area contributed by atoms with Crippen LogP contribution in [0.15, 0.2) is 41.9 Å². The number of aliphatic imine (C=N–C) groups is 1. The molecule has 2 aliphatic rings. The molecule has 1 aliphatic carbocycles. The summed E-state index contributed by atoms with van der Waals surface area (Å²) < 4.78 is 2.02. The number of imidazole rings is 1. The molecule has 0 spiro atoms. The Labute approximate surface area is 163 Å². The average molecular weight is 380 g/mol. The monoisotopic (exact) mass is 380 g/mol. The van der Waals surface area contributed by atoms with Crippen molar-refractivity contribution in [3.8, 4) is 0 Å². The summed E-state index contributed by atoms with van der Waals surface area (Å²) in [6, 6.07) is 5.43. The number of rotatable bonds is 7. The van der Waals surface area contributed by atoms with Gasteiger partial charge in [-0.05, 0) is 31.4 Å². The summed E-state index contributed by atoms with van der Waals surface area (Å²) in [5, 5.41) is 6.11. The van der Waals surface area contributed by atoms with E-state index in [4.69, 9.17) is 0 Å². The molecule has 1 amide bonds. The van der Waals surface area contributed by atoms with Crippen molar-refractivity contribution >= 4 is 29.5 Å². The quantitative estimate of drug-likeness (QED) is 0.717. The summed E-state index contributed by atoms with van der Waals surface area (Å²) in [5.74, 6) is 0.316. The molecule has 28 heavy (non-hydrogen) atoms. The molecule has 2 N–H and O–H groups in total. The minimum Gasteiger partial charge on any atom is -0.370 e. The highest BCUT2D eigenvalue weighted by Crippen LogP contribution is 2.34. The number of Topliss-reactive ketones (excluding diaryl/α,β-unsaturated/α-hetero) is 1. The second-order valence-corrected chi connectivity index (χ2v) is 7.25. The minimum atomic E-state index is -0.494. The van der Waals surface area contributed by atoms with Gasteiger partial charge < -0.3 is 15.2 Å². The number of amides is 1. The molecule has 8 heteroatoms. The van der Waals surface area contributed by atoms with Gasteiger partial charge in [0, 0.05) is 38.1 Å². The SMILES string of the molecule is O=C(Nc1cccc(NCCCn2ccnc2)n1)C1C=NC2CCCC(=O)C21. The first kappa shape index (κ1) is 18.3. The summed E-state index contributed by atoms with van der Waals surface area (Å²) >= 11 is 0. The third kappa shape index (κ3) is 4.11. The Kier molecular flexibility index (Phi) is 5.45. The van der Waals surface area contributed by atoms with Crippen LogP contribution in [-0.4, -0.2) is 45.0 Å². The maximum absolute atomic E-state index is 12.7. The van der Waals surface area contributed by atoms with E-state index in [1.165, 1.54) is 0 Å². The van der Waals surface area contributed by atoms with Crippen LogP contribution in [0, 0.1) is 11.8 Å². The lowest BCUT2D eigenvalue weighted by Gasteiger charge is -2.26. The van der Waals surface area contributed by atoms with Gasteiger partial charge in [-0.2, -0.15) is 0 Å². The number of pyridine rings is 1. The van der Waals surface area contributed by atoms with Gasteiger partial charge in [0.1, 0.15) is 17.4 Å². The van der Waals surface area contributed by atoms with Crippen LogP contribution in [0.4, 0.5) is 11.6 Å². The van der Waals surface area contributed by atoms with Gasteiger partial charge in [0.25, 0.3) is 0 Å². The van der Waals surface area contributed by atoms with E-state index in [9.17, 15) is 9.59 Å². The van der Waals surface area contributed by atoms with Crippen molar-refractivity contribution in [2.24, 2.45) is 16.8 Å². The topological polar surface area (TPSA) is 101 Å². The molecule has 1 saturated carbocycles. The predicted octanol–water partition coefficient (Wildman–Crippen LogP) is 2.16. The number of fused-ring (bicyclic) bond motifs is 1. The Hall–Kier alpha value is -3.03. The smallest absolute Gasteiger partial charge is 0.234 e. The van der Waals surface area contributed by atoms with Crippen molar-refractivity contribution in [2.75, 3.05) is 17.2 Å². The molecular formula is C20H24N6O2. The molecule has 146 valence electrons. The molecule has 4 rings (SSSR count). The van der Waals surface area contributed by atoms with Crippen molar-refractivity contribution in [3.63, 3.8) is 0 Å². The molecule has 3 unspecified atom stereocenters. The van der Waals surface area contributed by atoms with Crippen LogP contribution in [0.2, 0.25) is 0 Å². The highest BCUT2D eigenvalue weighted by molar-refractivity contribution is 6.06. The van der Waals surface area contributed by atoms with E-state index in [0.717, 1.165) is 32.4 Å². The molecule has 8 nitrogen and oxygen atoms in total. The van der Waals surface area contributed by atoms with Gasteiger partial charge in [-0.25, -0.2) is 9.97 Å². The number of aromatic nitrogens is 3. The van der Waals surface area contributed by atoms with E-state index in [-0.39, 0.29) is 23.7 Å². The fourth-order valence-electron chi connectivity index (χ4n) is 3.89. The normalized spacial score (nSPS) is 23.4. The molecule has 0 saturated heterocycles. The number of aryl methyl sites for hydroxylation is 1. The number of anilines is 2. The fourth-order valence-corrected chi connectivity index (χ4v) is 3.89. The average Bonchev–Trinajstić information content (AvgIpc) is 3.36. The molecular weight excluding hydrogens is 356 g/mol. The maximum Gasteiger partial charge on any atom is 0.234 e. The number of hydrogen-bond acceptors (Lipinski definition) is 6. The Balaban J connectivity index is 1.31. The van der Waals surface area contributed by atoms with E-state index >= 15 is 0 Å². The van der Waals surface area contributed by atoms with Crippen LogP contribution in [0.5, 0.6) is 0 Å². The van der Waals surface area contributed by atoms with Gasteiger partial charge in [-0.15, -0.1) is 0 Å². The standard InChI is InChI=1S/C20H24N6O2/c27-16-5-1-4-15-19(16)14(12-23-15)20(28)25-18-7-2-6-17(24-18)22-8-3-10-26-11-9-21-13-26/h2,6-7,9,11-15,19H,1,3-5,8,10H2,(H2,22,24,25,28). The highest BCUT2D eigenvalue weighted by Gasteiger charge is 2.43. The summed E-state index contributed by atoms with van der Waals surface area (Å²) in [5.41, 5.74) is 0. The van der Waals surface area contributed by atoms with Crippen LogP contribution < -0.4 is 10.6 Å². The Bertz CT molecular complexity index is 863. The van der Waals surface area contributed by atoms with Crippen LogP contribution >= 0.6 is 0 Å². The van der Waals surface area contributed by atoms with Crippen LogP contribution in [0.3, 0.4) is 0 Å². The van der Waals surface area contributed by atoms with Crippen LogP contribution in [0.1, 0.15) is 25.7 Å². The third-order valence-electron chi connectivity index (χ3n) is 5.30. The highest BCUT2D eigenvalue weighted by atomic mass is 16.2. The Morgan fingerprint density at radius 1 is 1.29 bits per heavy atom. The number of carbonyl (C=O) groups is 2. The second kappa shape index (κ2) is 8.33. The van der Waals surface area contributed by atoms with E-state index in [2.05, 4.69) is 25.6 Å². The molecule has 1 aliphatic heterocycles. The largest absolute Gasteiger partial charge is 0.370 e. The van der Waals surface area contributed by atoms with Gasteiger partial charge in [0.15, 0.2) is 0 Å². The fraction of sp³-hybridized carbons (Fsp3) is 0.450. The number of nitrogens with one attached hydrogen (secondary N) is 2. The van der Waals surface area contributed by atoms with Crippen LogP contribution in [0.25, 0.3) is 0 Å². The summed E-state index contributed by atoms with van der Waals surface area (Å²) in [7, 11) is 0. The first-order valence-corrected chi connectivity index (χ1v) is 9.74. The zero-order chi connectivity index (χ0) is 19.3. The number of nitrogens with zero attached hydrogens (tertiary/aromatic N) is 4. The van der Waals surface area contributed by atoms with Crippen LogP contribution in [-0.2, 0) is 16.1 Å². The lowest BCUT2D eigenvalue weighted by atomic mass is 9.78. The molecule has 3 heterocycles. The van der Waals surface area contributed by atoms with Crippen molar-refractivity contribution in [3.05, 3.63) is 36.9 Å². The van der Waals surface area contributed by atoms with Crippen molar-refractivity contribution < 1.29 is 9.59 Å². The van der Waals surface area contributed by atoms with Gasteiger partial charge in [0.2, 0.25) is 5.91 Å². The Morgan fingerprint density at radius 3 is 3.04 bits per heavy atom. The van der Waals surface area contributed by atoms with E-state index in [1.807, 2.05) is 22.9 Å². The molecule has 3 atom stereocenters. The third-order valence-corrected chi connectivity index (χ3v) is 5.30. The molecule has 0 bridgehead atoms. The molecule has 0 aromatic carbocycles. The van der Waals surface area contributed by atoms with E-state index in [1.54, 1.807) is 24.8 Å². The molecule has 2 aromatic heterocycles. The summed E-state index contributed by atoms with van der Waals surface area (Å²) in [4.78, 5) is 37.8. The van der Waals surface area contributed by atoms with Crippen molar-refractivity contribution in [1.29, 1.82) is 0 Å². The maximum atomic E-state index is 12.7. The van der Waals surface area contributed by atoms with Gasteiger partial charge >= 0.3 is 0 Å². The van der Waals surface area contributed by atoms with Gasteiger partial charge in [0.05, 0.1) is 24.2 Å². The zero-order valence-corrected chi connectivity index (χ0v) is 15.6. The number of carbonyl (C=O) groups excluding carboxylic acids is 2. The zero-order valence-electron chi connectivity index (χ0n) is 15.6. The van der Waals surface area contributed by atoms with Gasteiger partial charge in [-0.1, -0.05) is 6.07 Å². The molecule has 1 fully saturated rings. The lowest BCUT2D eigenvalue weighted by Crippen LogP contribution is -2.39. The summed E-state index contributed by atoms with van der Waals surface area (Å²) in [6.45, 7) is 1.64. The van der Waals surface area contributed by atoms with Crippen molar-refractivity contribution in [2.45, 2.75) is 38.3 Å². The first-order valence-electron chi connectivity index (χ1n) is 9.74. The van der Waals surface area contributed by atoms with Crippen molar-refractivity contribution in [1.82, 2.24) is 14.5 Å². The molecule has 0 radical (unpaired) electrons. The lowest BCUT2D eigenvalue weighted by molar-refractivity contribution is -0.130. The summed E-state index contributed by atoms with van der Waals surface area (Å²) in [6.07, 6.45) is 10.4. The number of ketones is 1. The second-order valence-electron chi connectivity index (χ2n) is 7.25. The van der Waals surface area contributed by atoms with E-state index in [0.29, 0.717) is 18.1 Å². The Morgan fingerprint density at radius 2 is 2.18 bits per heavy atom. The van der Waals surface area contributed by atoms with Gasteiger partial charge in [-0.3, -0.25) is 14.6 Å². The number of hydrogen-bond donors (Lipinski definition) is 2. The molecule has 2 aromatic rings. The van der Waals surface area contributed by atoms with E-state index < -0.39 is 5.92 Å². The first-order chi connectivity index (χ1) is 13.7.